The third kappa shape index (κ3) is 3.29. The highest BCUT2D eigenvalue weighted by molar-refractivity contribution is 7.98. The molecular formula is C18H15N5OS2. The van der Waals surface area contributed by atoms with Crippen molar-refractivity contribution in [3.8, 4) is 17.1 Å². The summed E-state index contributed by atoms with van der Waals surface area (Å²) in [6.45, 7) is 0. The first-order chi connectivity index (χ1) is 12.7. The average Bonchev–Trinajstić information content (AvgIpc) is 3.42. The third-order valence-corrected chi connectivity index (χ3v) is 5.22. The summed E-state index contributed by atoms with van der Waals surface area (Å²) in [6, 6.07) is 11.3. The van der Waals surface area contributed by atoms with Gasteiger partial charge in [-0.05, 0) is 42.7 Å². The van der Waals surface area contributed by atoms with Gasteiger partial charge in [0.15, 0.2) is 10.3 Å². The van der Waals surface area contributed by atoms with Gasteiger partial charge in [0, 0.05) is 35.2 Å². The monoisotopic (exact) mass is 381 g/mol. The second-order valence-electron chi connectivity index (χ2n) is 5.41. The molecule has 8 heteroatoms. The molecule has 1 aromatic carbocycles. The molecule has 3 aromatic heterocycles. The van der Waals surface area contributed by atoms with E-state index in [1.807, 2.05) is 52.9 Å². The molecule has 0 radical (unpaired) electrons. The predicted octanol–water partition coefficient (Wildman–Crippen LogP) is 4.30. The van der Waals surface area contributed by atoms with Crippen molar-refractivity contribution < 1.29 is 4.79 Å². The van der Waals surface area contributed by atoms with Crippen LogP contribution in [0.1, 0.15) is 10.4 Å². The maximum Gasteiger partial charge on any atom is 0.257 e. The highest BCUT2D eigenvalue weighted by Crippen LogP contribution is 2.24. The number of aromatic nitrogens is 4. The molecule has 2 N–H and O–H groups in total. The highest BCUT2D eigenvalue weighted by Gasteiger charge is 2.11. The minimum Gasteiger partial charge on any atom is -0.360 e. The molecule has 3 heterocycles. The van der Waals surface area contributed by atoms with Gasteiger partial charge in [0.25, 0.3) is 5.91 Å². The molecule has 4 rings (SSSR count). The van der Waals surface area contributed by atoms with Crippen molar-refractivity contribution in [1.29, 1.82) is 0 Å². The number of anilines is 1. The minimum absolute atomic E-state index is 0.181. The first kappa shape index (κ1) is 16.6. The lowest BCUT2D eigenvalue weighted by molar-refractivity contribution is 0.102. The van der Waals surface area contributed by atoms with Crippen molar-refractivity contribution in [3.05, 3.63) is 65.9 Å². The van der Waals surface area contributed by atoms with Crippen molar-refractivity contribution in [2.24, 2.45) is 0 Å². The van der Waals surface area contributed by atoms with E-state index in [1.54, 1.807) is 30.1 Å². The quantitative estimate of drug-likeness (QED) is 0.506. The molecule has 4 aromatic rings. The molecule has 6 nitrogen and oxygen atoms in total. The fourth-order valence-electron chi connectivity index (χ4n) is 2.52. The summed E-state index contributed by atoms with van der Waals surface area (Å²) in [6.07, 6.45) is 7.49. The summed E-state index contributed by atoms with van der Waals surface area (Å²) in [5, 5.41) is 6.24. The van der Waals surface area contributed by atoms with Crippen LogP contribution in [0.4, 0.5) is 5.13 Å². The van der Waals surface area contributed by atoms with E-state index in [9.17, 15) is 4.79 Å². The van der Waals surface area contributed by atoms with Gasteiger partial charge >= 0.3 is 0 Å². The Hall–Kier alpha value is -2.84. The average molecular weight is 381 g/mol. The fraction of sp³-hybridized carbons (Fsp3) is 0.0556. The van der Waals surface area contributed by atoms with Gasteiger partial charge < -0.3 is 4.98 Å². The lowest BCUT2D eigenvalue weighted by Crippen LogP contribution is -2.11. The van der Waals surface area contributed by atoms with Crippen molar-refractivity contribution in [2.45, 2.75) is 5.16 Å². The number of nitrogens with one attached hydrogen (secondary N) is 2. The number of nitrogens with zero attached hydrogens (tertiary/aromatic N) is 3. The predicted molar refractivity (Wildman–Crippen MR) is 105 cm³/mol. The molecule has 0 unspecified atom stereocenters. The van der Waals surface area contributed by atoms with Gasteiger partial charge in [-0.1, -0.05) is 11.8 Å². The van der Waals surface area contributed by atoms with Crippen molar-refractivity contribution in [3.63, 3.8) is 0 Å². The van der Waals surface area contributed by atoms with Crippen LogP contribution in [0.5, 0.6) is 0 Å². The molecule has 0 spiro atoms. The van der Waals surface area contributed by atoms with E-state index in [0.29, 0.717) is 10.7 Å². The zero-order valence-corrected chi connectivity index (χ0v) is 15.5. The molecule has 0 saturated carbocycles. The molecule has 0 fully saturated rings. The van der Waals surface area contributed by atoms with Gasteiger partial charge in [-0.2, -0.15) is 0 Å². The van der Waals surface area contributed by atoms with Crippen LogP contribution in [0.2, 0.25) is 0 Å². The second kappa shape index (κ2) is 7.19. The maximum absolute atomic E-state index is 12.5. The van der Waals surface area contributed by atoms with Crippen molar-refractivity contribution >= 4 is 34.1 Å². The topological polar surface area (TPSA) is 75.6 Å². The second-order valence-corrected chi connectivity index (χ2v) is 7.04. The fourth-order valence-corrected chi connectivity index (χ4v) is 3.76. The number of thioether (sulfide) groups is 1. The summed E-state index contributed by atoms with van der Waals surface area (Å²) in [4.78, 5) is 24.3. The molecule has 0 aliphatic heterocycles. The largest absolute Gasteiger partial charge is 0.360 e. The molecule has 0 aliphatic carbocycles. The minimum atomic E-state index is -0.181. The summed E-state index contributed by atoms with van der Waals surface area (Å²) < 4.78 is 1.98. The van der Waals surface area contributed by atoms with Crippen LogP contribution in [-0.4, -0.2) is 31.7 Å². The van der Waals surface area contributed by atoms with Crippen LogP contribution >= 0.6 is 23.1 Å². The smallest absolute Gasteiger partial charge is 0.257 e. The molecular weight excluding hydrogens is 366 g/mol. The number of carbonyl (C=O) groups excluding carboxylic acids is 1. The molecule has 0 aliphatic rings. The van der Waals surface area contributed by atoms with Gasteiger partial charge in [-0.15, -0.1) is 11.3 Å². The SMILES string of the molecule is CSc1nccn1-c1ccc(C(=O)Nc2nc(-c3ccc[nH]3)cs2)cc1. The Labute approximate surface area is 158 Å². The zero-order valence-electron chi connectivity index (χ0n) is 13.8. The van der Waals surface area contributed by atoms with Crippen molar-refractivity contribution in [1.82, 2.24) is 19.5 Å². The highest BCUT2D eigenvalue weighted by atomic mass is 32.2. The van der Waals surface area contributed by atoms with E-state index in [4.69, 9.17) is 0 Å². The Bertz CT molecular complexity index is 1020. The number of carbonyl (C=O) groups is 1. The molecule has 0 atom stereocenters. The van der Waals surface area contributed by atoms with E-state index >= 15 is 0 Å². The number of benzene rings is 1. The van der Waals surface area contributed by atoms with Crippen LogP contribution in [0.15, 0.2) is 65.5 Å². The van der Waals surface area contributed by atoms with Gasteiger partial charge in [-0.3, -0.25) is 14.7 Å². The van der Waals surface area contributed by atoms with Gasteiger partial charge in [0.1, 0.15) is 0 Å². The van der Waals surface area contributed by atoms with Gasteiger partial charge in [0.05, 0.1) is 11.4 Å². The number of amides is 1. The van der Waals surface area contributed by atoms with Crippen LogP contribution in [0, 0.1) is 0 Å². The van der Waals surface area contributed by atoms with E-state index < -0.39 is 0 Å². The molecule has 1 amide bonds. The summed E-state index contributed by atoms with van der Waals surface area (Å²) >= 11 is 2.97. The molecule has 26 heavy (non-hydrogen) atoms. The molecule has 0 saturated heterocycles. The van der Waals surface area contributed by atoms with Crippen LogP contribution in [-0.2, 0) is 0 Å². The number of imidazole rings is 1. The Kier molecular flexibility index (Phi) is 4.59. The number of H-pyrrole nitrogens is 1. The molecule has 0 bridgehead atoms. The van der Waals surface area contributed by atoms with Gasteiger partial charge in [-0.25, -0.2) is 9.97 Å². The number of aromatic amines is 1. The Morgan fingerprint density at radius 3 is 2.85 bits per heavy atom. The van der Waals surface area contributed by atoms with E-state index in [0.717, 1.165) is 22.2 Å². The number of thiazole rings is 1. The Morgan fingerprint density at radius 2 is 2.12 bits per heavy atom. The van der Waals surface area contributed by atoms with Crippen LogP contribution in [0.25, 0.3) is 17.1 Å². The first-order valence-corrected chi connectivity index (χ1v) is 9.93. The number of rotatable bonds is 5. The summed E-state index contributed by atoms with van der Waals surface area (Å²) in [5.74, 6) is -0.181. The number of hydrogen-bond donors (Lipinski definition) is 2. The van der Waals surface area contributed by atoms with Gasteiger partial charge in [0.2, 0.25) is 0 Å². The van der Waals surface area contributed by atoms with E-state index in [-0.39, 0.29) is 5.91 Å². The molecule has 130 valence electrons. The standard InChI is InChI=1S/C18H15N5OS2/c1-25-18-20-9-10-23(18)13-6-4-12(5-7-13)16(24)22-17-21-15(11-26-17)14-3-2-8-19-14/h2-11,19H,1H3,(H,21,22,24). The van der Waals surface area contributed by atoms with E-state index in [2.05, 4.69) is 20.3 Å². The lowest BCUT2D eigenvalue weighted by Gasteiger charge is -2.07. The number of hydrogen-bond acceptors (Lipinski definition) is 5. The summed E-state index contributed by atoms with van der Waals surface area (Å²) in [5.41, 5.74) is 3.29. The van der Waals surface area contributed by atoms with E-state index in [1.165, 1.54) is 11.3 Å². The van der Waals surface area contributed by atoms with Crippen LogP contribution < -0.4 is 5.32 Å². The first-order valence-electron chi connectivity index (χ1n) is 7.83. The normalized spacial score (nSPS) is 10.8. The van der Waals surface area contributed by atoms with Crippen LogP contribution in [0.3, 0.4) is 0 Å². The Balaban J connectivity index is 1.48. The maximum atomic E-state index is 12.5. The Morgan fingerprint density at radius 1 is 1.27 bits per heavy atom. The summed E-state index contributed by atoms with van der Waals surface area (Å²) in [7, 11) is 0. The zero-order chi connectivity index (χ0) is 17.9. The third-order valence-electron chi connectivity index (χ3n) is 3.80. The lowest BCUT2D eigenvalue weighted by atomic mass is 10.2. The van der Waals surface area contributed by atoms with Crippen molar-refractivity contribution in [2.75, 3.05) is 11.6 Å².